The average Bonchev–Trinajstić information content (AvgIpc) is 2.96. The maximum atomic E-state index is 12.3. The van der Waals surface area contributed by atoms with Crippen molar-refractivity contribution in [2.75, 3.05) is 0 Å². The van der Waals surface area contributed by atoms with Gasteiger partial charge in [-0.2, -0.15) is 0 Å². The van der Waals surface area contributed by atoms with Crippen LogP contribution in [-0.4, -0.2) is 5.78 Å². The third kappa shape index (κ3) is 2.01. The standard InChI is InChI=1S/C15H15BrO2/c1-9-6-12(16)7-11-8-13(18-15(9)11)14(17)10-4-2-3-5-10/h6-8,10H,2-5H2,1H3. The number of ketones is 1. The quantitative estimate of drug-likeness (QED) is 0.740. The monoisotopic (exact) mass is 306 g/mol. The van der Waals surface area contributed by atoms with E-state index in [1.807, 2.05) is 25.1 Å². The minimum Gasteiger partial charge on any atom is -0.453 e. The summed E-state index contributed by atoms with van der Waals surface area (Å²) in [6.07, 6.45) is 4.36. The van der Waals surface area contributed by atoms with Gasteiger partial charge in [-0.25, -0.2) is 0 Å². The number of benzene rings is 1. The number of furan rings is 1. The molecule has 2 aromatic rings. The third-order valence-electron chi connectivity index (χ3n) is 3.74. The first kappa shape index (κ1) is 12.0. The minimum absolute atomic E-state index is 0.175. The van der Waals surface area contributed by atoms with Crippen LogP contribution in [0, 0.1) is 12.8 Å². The zero-order chi connectivity index (χ0) is 12.7. The van der Waals surface area contributed by atoms with Gasteiger partial charge in [0.05, 0.1) is 0 Å². The van der Waals surface area contributed by atoms with Crippen LogP contribution >= 0.6 is 15.9 Å². The van der Waals surface area contributed by atoms with Crippen LogP contribution < -0.4 is 0 Å². The van der Waals surface area contributed by atoms with Crippen LogP contribution in [0.2, 0.25) is 0 Å². The Bertz CT molecular complexity index is 606. The van der Waals surface area contributed by atoms with Crippen molar-refractivity contribution < 1.29 is 9.21 Å². The smallest absolute Gasteiger partial charge is 0.201 e. The normalized spacial score (nSPS) is 16.6. The van der Waals surface area contributed by atoms with Crippen LogP contribution in [0.15, 0.2) is 27.1 Å². The van der Waals surface area contributed by atoms with Crippen LogP contribution in [0.1, 0.15) is 41.8 Å². The Morgan fingerprint density at radius 1 is 1.28 bits per heavy atom. The van der Waals surface area contributed by atoms with Crippen molar-refractivity contribution >= 4 is 32.7 Å². The van der Waals surface area contributed by atoms with Crippen molar-refractivity contribution in [3.63, 3.8) is 0 Å². The Morgan fingerprint density at radius 3 is 2.72 bits per heavy atom. The molecule has 18 heavy (non-hydrogen) atoms. The van der Waals surface area contributed by atoms with Gasteiger partial charge in [0.25, 0.3) is 0 Å². The second-order valence-electron chi connectivity index (χ2n) is 5.10. The van der Waals surface area contributed by atoms with E-state index in [1.165, 1.54) is 12.8 Å². The van der Waals surface area contributed by atoms with E-state index >= 15 is 0 Å². The van der Waals surface area contributed by atoms with E-state index in [4.69, 9.17) is 4.42 Å². The van der Waals surface area contributed by atoms with Gasteiger partial charge in [-0.3, -0.25) is 4.79 Å². The van der Waals surface area contributed by atoms with Gasteiger partial charge >= 0.3 is 0 Å². The van der Waals surface area contributed by atoms with Gasteiger partial charge in [-0.1, -0.05) is 28.8 Å². The third-order valence-corrected chi connectivity index (χ3v) is 4.19. The van der Waals surface area contributed by atoms with E-state index < -0.39 is 0 Å². The fourth-order valence-corrected chi connectivity index (χ4v) is 3.38. The summed E-state index contributed by atoms with van der Waals surface area (Å²) in [4.78, 5) is 12.3. The first-order valence-electron chi connectivity index (χ1n) is 6.39. The van der Waals surface area contributed by atoms with Crippen molar-refractivity contribution in [3.8, 4) is 0 Å². The Morgan fingerprint density at radius 2 is 2.00 bits per heavy atom. The number of Topliss-reactive ketones (excluding diaryl/α,β-unsaturated/α-hetero) is 1. The zero-order valence-corrected chi connectivity index (χ0v) is 11.9. The molecule has 3 rings (SSSR count). The van der Waals surface area contributed by atoms with Gasteiger partial charge in [0.15, 0.2) is 5.76 Å². The number of carbonyl (C=O) groups excluding carboxylic acids is 1. The predicted molar refractivity (Wildman–Crippen MR) is 74.9 cm³/mol. The molecule has 1 aromatic carbocycles. The SMILES string of the molecule is Cc1cc(Br)cc2cc(C(=O)C3CCCC3)oc12. The number of hydrogen-bond donors (Lipinski definition) is 0. The molecule has 1 fully saturated rings. The molecule has 94 valence electrons. The molecular formula is C15H15BrO2. The van der Waals surface area contributed by atoms with Crippen LogP contribution in [0.3, 0.4) is 0 Å². The highest BCUT2D eigenvalue weighted by atomic mass is 79.9. The average molecular weight is 307 g/mol. The molecule has 0 amide bonds. The highest BCUT2D eigenvalue weighted by molar-refractivity contribution is 9.10. The van der Waals surface area contributed by atoms with Crippen LogP contribution in [-0.2, 0) is 0 Å². The van der Waals surface area contributed by atoms with Crippen molar-refractivity contribution in [1.82, 2.24) is 0 Å². The summed E-state index contributed by atoms with van der Waals surface area (Å²) in [7, 11) is 0. The Labute approximate surface area is 114 Å². The van der Waals surface area contributed by atoms with Gasteiger partial charge in [0.1, 0.15) is 5.58 Å². The van der Waals surface area contributed by atoms with Crippen molar-refractivity contribution in [2.45, 2.75) is 32.6 Å². The lowest BCUT2D eigenvalue weighted by Crippen LogP contribution is -2.09. The lowest BCUT2D eigenvalue weighted by Gasteiger charge is -2.03. The highest BCUT2D eigenvalue weighted by Gasteiger charge is 2.26. The molecule has 1 saturated carbocycles. The summed E-state index contributed by atoms with van der Waals surface area (Å²) in [6, 6.07) is 5.89. The highest BCUT2D eigenvalue weighted by Crippen LogP contribution is 2.32. The van der Waals surface area contributed by atoms with E-state index in [-0.39, 0.29) is 11.7 Å². The molecule has 0 radical (unpaired) electrons. The first-order chi connectivity index (χ1) is 8.65. The van der Waals surface area contributed by atoms with Gasteiger partial charge < -0.3 is 4.42 Å². The molecule has 0 atom stereocenters. The molecule has 3 heteroatoms. The zero-order valence-electron chi connectivity index (χ0n) is 10.3. The Hall–Kier alpha value is -1.09. The van der Waals surface area contributed by atoms with Crippen LogP contribution in [0.5, 0.6) is 0 Å². The molecule has 1 aliphatic carbocycles. The molecule has 0 aliphatic heterocycles. The second kappa shape index (κ2) is 4.54. The number of hydrogen-bond acceptors (Lipinski definition) is 2. The molecule has 0 unspecified atom stereocenters. The molecule has 0 spiro atoms. The molecule has 0 saturated heterocycles. The van der Waals surface area contributed by atoms with Gasteiger partial charge in [0.2, 0.25) is 5.78 Å². The minimum atomic E-state index is 0.175. The Balaban J connectivity index is 2.02. The largest absolute Gasteiger partial charge is 0.453 e. The van der Waals surface area contributed by atoms with E-state index in [0.29, 0.717) is 5.76 Å². The van der Waals surface area contributed by atoms with Gasteiger partial charge in [-0.05, 0) is 43.5 Å². The van der Waals surface area contributed by atoms with Gasteiger partial charge in [0, 0.05) is 15.8 Å². The van der Waals surface area contributed by atoms with E-state index in [9.17, 15) is 4.79 Å². The number of halogens is 1. The number of aryl methyl sites for hydroxylation is 1. The van der Waals surface area contributed by atoms with E-state index in [2.05, 4.69) is 15.9 Å². The van der Waals surface area contributed by atoms with E-state index in [1.54, 1.807) is 0 Å². The summed E-state index contributed by atoms with van der Waals surface area (Å²) in [5.41, 5.74) is 1.89. The number of rotatable bonds is 2. The van der Waals surface area contributed by atoms with Crippen molar-refractivity contribution in [2.24, 2.45) is 5.92 Å². The van der Waals surface area contributed by atoms with Crippen LogP contribution in [0.4, 0.5) is 0 Å². The summed E-state index contributed by atoms with van der Waals surface area (Å²) < 4.78 is 6.78. The summed E-state index contributed by atoms with van der Waals surface area (Å²) in [5.74, 6) is 0.881. The molecular weight excluding hydrogens is 292 g/mol. The summed E-state index contributed by atoms with van der Waals surface area (Å²) >= 11 is 3.47. The second-order valence-corrected chi connectivity index (χ2v) is 6.01. The van der Waals surface area contributed by atoms with Gasteiger partial charge in [-0.15, -0.1) is 0 Å². The fraction of sp³-hybridized carbons (Fsp3) is 0.400. The van der Waals surface area contributed by atoms with Crippen molar-refractivity contribution in [1.29, 1.82) is 0 Å². The van der Waals surface area contributed by atoms with Crippen LogP contribution in [0.25, 0.3) is 11.0 Å². The number of fused-ring (bicyclic) bond motifs is 1. The van der Waals surface area contributed by atoms with E-state index in [0.717, 1.165) is 33.8 Å². The lowest BCUT2D eigenvalue weighted by molar-refractivity contribution is 0.0896. The maximum absolute atomic E-state index is 12.3. The topological polar surface area (TPSA) is 30.2 Å². The molecule has 1 aliphatic rings. The Kier molecular flexibility index (Phi) is 3.02. The molecule has 1 heterocycles. The molecule has 0 bridgehead atoms. The predicted octanol–water partition coefficient (Wildman–Crippen LogP) is 4.88. The number of carbonyl (C=O) groups is 1. The summed E-state index contributed by atoms with van der Waals surface area (Å²) in [6.45, 7) is 2.00. The summed E-state index contributed by atoms with van der Waals surface area (Å²) in [5, 5.41) is 1.00. The first-order valence-corrected chi connectivity index (χ1v) is 7.18. The molecule has 1 aromatic heterocycles. The fourth-order valence-electron chi connectivity index (χ4n) is 2.79. The lowest BCUT2D eigenvalue weighted by atomic mass is 10.0. The molecule has 2 nitrogen and oxygen atoms in total. The molecule has 0 N–H and O–H groups in total. The van der Waals surface area contributed by atoms with Crippen molar-refractivity contribution in [3.05, 3.63) is 34.0 Å². The maximum Gasteiger partial charge on any atom is 0.201 e.